The highest BCUT2D eigenvalue weighted by Gasteiger charge is 2.40. The second-order valence-electron chi connectivity index (χ2n) is 7.46. The number of hydrogen-bond donors (Lipinski definition) is 0. The summed E-state index contributed by atoms with van der Waals surface area (Å²) in [5.74, 6) is 0.320. The van der Waals surface area contributed by atoms with E-state index in [0.29, 0.717) is 38.4 Å². The van der Waals surface area contributed by atoms with Crippen molar-refractivity contribution in [1.82, 2.24) is 9.21 Å². The zero-order valence-corrected chi connectivity index (χ0v) is 19.6. The first kappa shape index (κ1) is 24.9. The van der Waals surface area contributed by atoms with Crippen LogP contribution in [-0.4, -0.2) is 69.2 Å². The molecule has 1 aromatic rings. The van der Waals surface area contributed by atoms with E-state index in [4.69, 9.17) is 21.1 Å². The van der Waals surface area contributed by atoms with E-state index in [1.54, 1.807) is 36.3 Å². The first-order valence-corrected chi connectivity index (χ1v) is 12.5. The Morgan fingerprint density at radius 1 is 1.17 bits per heavy atom. The highest BCUT2D eigenvalue weighted by molar-refractivity contribution is 7.89. The average molecular weight is 461 g/mol. The molecule has 0 bridgehead atoms. The predicted octanol–water partition coefficient (Wildman–Crippen LogP) is 3.85. The van der Waals surface area contributed by atoms with Crippen LogP contribution in [-0.2, 0) is 25.4 Å². The lowest BCUT2D eigenvalue weighted by molar-refractivity contribution is 0.0418. The highest BCUT2D eigenvalue weighted by Crippen LogP contribution is 2.30. The Morgan fingerprint density at radius 2 is 1.80 bits per heavy atom. The Bertz CT molecular complexity index is 770. The number of hydrogen-bond acceptors (Lipinski definition) is 5. The molecule has 0 saturated carbocycles. The van der Waals surface area contributed by atoms with Crippen molar-refractivity contribution in [2.75, 3.05) is 33.4 Å². The maximum absolute atomic E-state index is 13.5. The Balaban J connectivity index is 2.25. The molecule has 9 heteroatoms. The van der Waals surface area contributed by atoms with Crippen LogP contribution in [0.15, 0.2) is 29.2 Å². The fourth-order valence-corrected chi connectivity index (χ4v) is 5.84. The molecule has 2 atom stereocenters. The van der Waals surface area contributed by atoms with Crippen LogP contribution in [0.5, 0.6) is 0 Å². The van der Waals surface area contributed by atoms with Gasteiger partial charge < -0.3 is 14.4 Å². The number of methoxy groups -OCH3 is 1. The summed E-state index contributed by atoms with van der Waals surface area (Å²) in [7, 11) is -2.22. The van der Waals surface area contributed by atoms with Gasteiger partial charge in [0.2, 0.25) is 10.0 Å². The summed E-state index contributed by atoms with van der Waals surface area (Å²) in [4.78, 5) is 14.2. The summed E-state index contributed by atoms with van der Waals surface area (Å²) in [6.45, 7) is 5.38. The average Bonchev–Trinajstić information content (AvgIpc) is 2.76. The molecule has 170 valence electrons. The van der Waals surface area contributed by atoms with Crippen molar-refractivity contribution in [2.45, 2.75) is 62.4 Å². The van der Waals surface area contributed by atoms with E-state index in [9.17, 15) is 13.2 Å². The van der Waals surface area contributed by atoms with Crippen LogP contribution < -0.4 is 0 Å². The molecular weight excluding hydrogens is 428 g/mol. The molecule has 1 aliphatic rings. The molecular formula is C21H33ClN2O5S. The number of carbonyl (C=O) groups excluding carboxylic acids is 1. The predicted molar refractivity (Wildman–Crippen MR) is 117 cm³/mol. The van der Waals surface area contributed by atoms with Gasteiger partial charge in [0.1, 0.15) is 6.61 Å². The van der Waals surface area contributed by atoms with Gasteiger partial charge in [0.15, 0.2) is 0 Å². The van der Waals surface area contributed by atoms with Crippen LogP contribution in [0.4, 0.5) is 4.79 Å². The molecule has 30 heavy (non-hydrogen) atoms. The lowest BCUT2D eigenvalue weighted by Crippen LogP contribution is -2.53. The number of alkyl halides is 1. The minimum Gasteiger partial charge on any atom is -0.448 e. The van der Waals surface area contributed by atoms with Crippen molar-refractivity contribution in [3.05, 3.63) is 29.8 Å². The molecule has 1 amide bonds. The van der Waals surface area contributed by atoms with Gasteiger partial charge in [-0.1, -0.05) is 25.5 Å². The number of sulfonamides is 1. The monoisotopic (exact) mass is 460 g/mol. The molecule has 1 aromatic carbocycles. The third-order valence-corrected chi connectivity index (χ3v) is 7.67. The number of amides is 1. The Labute approximate surface area is 185 Å². The molecule has 1 aliphatic heterocycles. The molecule has 2 unspecified atom stereocenters. The second kappa shape index (κ2) is 11.9. The summed E-state index contributed by atoms with van der Waals surface area (Å²) in [5, 5.41) is 0. The fourth-order valence-electron chi connectivity index (χ4n) is 3.82. The minimum atomic E-state index is -3.79. The van der Waals surface area contributed by atoms with E-state index in [-0.39, 0.29) is 17.5 Å². The van der Waals surface area contributed by atoms with Gasteiger partial charge in [0.05, 0.1) is 17.5 Å². The number of piperidine rings is 1. The zero-order chi connectivity index (χ0) is 22.1. The van der Waals surface area contributed by atoms with Gasteiger partial charge in [-0.3, -0.25) is 0 Å². The number of nitrogens with zero attached hydrogens (tertiary/aromatic N) is 2. The molecule has 1 fully saturated rings. The normalized spacial score (nSPS) is 20.1. The molecule has 7 nitrogen and oxygen atoms in total. The maximum Gasteiger partial charge on any atom is 0.409 e. The van der Waals surface area contributed by atoms with Gasteiger partial charge in [-0.05, 0) is 43.9 Å². The van der Waals surface area contributed by atoms with E-state index in [1.165, 1.54) is 4.31 Å². The van der Waals surface area contributed by atoms with Gasteiger partial charge in [-0.25, -0.2) is 13.2 Å². The van der Waals surface area contributed by atoms with E-state index < -0.39 is 22.2 Å². The third kappa shape index (κ3) is 6.09. The number of rotatable bonds is 10. The maximum atomic E-state index is 13.5. The molecule has 0 aromatic heterocycles. The second-order valence-corrected chi connectivity index (χ2v) is 9.57. The van der Waals surface area contributed by atoms with E-state index in [2.05, 4.69) is 0 Å². The zero-order valence-electron chi connectivity index (χ0n) is 18.0. The molecule has 1 heterocycles. The van der Waals surface area contributed by atoms with Gasteiger partial charge in [0, 0.05) is 32.1 Å². The van der Waals surface area contributed by atoms with Crippen LogP contribution >= 0.6 is 11.6 Å². The molecule has 2 rings (SSSR count). The third-order valence-electron chi connectivity index (χ3n) is 5.34. The van der Waals surface area contributed by atoms with Gasteiger partial charge in [-0.15, -0.1) is 11.6 Å². The lowest BCUT2D eigenvalue weighted by Gasteiger charge is -2.40. The van der Waals surface area contributed by atoms with E-state index in [1.807, 2.05) is 13.8 Å². The molecule has 0 spiro atoms. The summed E-state index contributed by atoms with van der Waals surface area (Å²) in [6.07, 6.45) is 2.61. The van der Waals surface area contributed by atoms with Gasteiger partial charge >= 0.3 is 6.09 Å². The summed E-state index contributed by atoms with van der Waals surface area (Å²) < 4.78 is 39.3. The Hall–Kier alpha value is -1.35. The van der Waals surface area contributed by atoms with Crippen molar-refractivity contribution < 1.29 is 22.7 Å². The topological polar surface area (TPSA) is 76.2 Å². The van der Waals surface area contributed by atoms with Crippen LogP contribution in [0.2, 0.25) is 0 Å². The minimum absolute atomic E-state index is 0.0260. The van der Waals surface area contributed by atoms with E-state index in [0.717, 1.165) is 18.4 Å². The van der Waals surface area contributed by atoms with Crippen molar-refractivity contribution in [2.24, 2.45) is 0 Å². The standard InChI is InChI=1S/C21H33ClN2O5S/c1-4-13-23(5-2)21(25)29-16-19-8-6-7-18(15-28-3)24(19)30(26,27)20-11-9-17(14-22)10-12-20/h9-12,18-19H,4-8,13-16H2,1-3H3. The number of carbonyl (C=O) groups is 1. The number of ether oxygens (including phenoxy) is 2. The summed E-state index contributed by atoms with van der Waals surface area (Å²) in [6, 6.07) is 5.86. The molecule has 0 aliphatic carbocycles. The largest absolute Gasteiger partial charge is 0.448 e. The molecule has 1 saturated heterocycles. The summed E-state index contributed by atoms with van der Waals surface area (Å²) in [5.41, 5.74) is 0.851. The first-order chi connectivity index (χ1) is 14.4. The van der Waals surface area contributed by atoms with Gasteiger partial charge in [-0.2, -0.15) is 4.31 Å². The fraction of sp³-hybridized carbons (Fsp3) is 0.667. The molecule has 0 radical (unpaired) electrons. The number of halogens is 1. The van der Waals surface area contributed by atoms with Crippen LogP contribution in [0.25, 0.3) is 0 Å². The van der Waals surface area contributed by atoms with Crippen LogP contribution in [0.1, 0.15) is 45.1 Å². The van der Waals surface area contributed by atoms with Crippen molar-refractivity contribution in [3.8, 4) is 0 Å². The van der Waals surface area contributed by atoms with Crippen LogP contribution in [0, 0.1) is 0 Å². The van der Waals surface area contributed by atoms with Crippen molar-refractivity contribution >= 4 is 27.7 Å². The quantitative estimate of drug-likeness (QED) is 0.495. The highest BCUT2D eigenvalue weighted by atomic mass is 35.5. The van der Waals surface area contributed by atoms with Crippen molar-refractivity contribution in [3.63, 3.8) is 0 Å². The molecule has 0 N–H and O–H groups in total. The van der Waals surface area contributed by atoms with E-state index >= 15 is 0 Å². The smallest absolute Gasteiger partial charge is 0.409 e. The SMILES string of the molecule is CCCN(CC)C(=O)OCC1CCCC(COC)N1S(=O)(=O)c1ccc(CCl)cc1. The lowest BCUT2D eigenvalue weighted by atomic mass is 9.99. The number of benzene rings is 1. The van der Waals surface area contributed by atoms with Crippen LogP contribution in [0.3, 0.4) is 0 Å². The first-order valence-electron chi connectivity index (χ1n) is 10.5. The Kier molecular flexibility index (Phi) is 9.87. The van der Waals surface area contributed by atoms with Gasteiger partial charge in [0.25, 0.3) is 0 Å². The Morgan fingerprint density at radius 3 is 2.33 bits per heavy atom. The summed E-state index contributed by atoms with van der Waals surface area (Å²) >= 11 is 5.83. The van der Waals surface area contributed by atoms with Crippen molar-refractivity contribution in [1.29, 1.82) is 0 Å².